The molecule has 38 heavy (non-hydrogen) atoms. The number of imide groups is 2. The molecule has 1 aliphatic heterocycles. The van der Waals surface area contributed by atoms with Gasteiger partial charge in [-0.2, -0.15) is 0 Å². The Bertz CT molecular complexity index is 1470. The van der Waals surface area contributed by atoms with Gasteiger partial charge in [-0.25, -0.2) is 9.69 Å². The quantitative estimate of drug-likeness (QED) is 0.226. The molecule has 2 N–H and O–H groups in total. The van der Waals surface area contributed by atoms with Crippen molar-refractivity contribution in [2.24, 2.45) is 0 Å². The van der Waals surface area contributed by atoms with E-state index in [1.165, 1.54) is 13.2 Å². The first kappa shape index (κ1) is 26.9. The molecule has 9 nitrogen and oxygen atoms in total. The number of methoxy groups -OCH3 is 1. The first-order valence-corrected chi connectivity index (χ1v) is 12.6. The lowest BCUT2D eigenvalue weighted by Crippen LogP contribution is -2.54. The number of para-hydroxylation sites is 1. The van der Waals surface area contributed by atoms with Gasteiger partial charge in [0.1, 0.15) is 5.57 Å². The number of nitrogens with one attached hydrogen (secondary N) is 2. The molecule has 0 atom stereocenters. The standard InChI is InChI=1S/C28H24IN3O6/c1-16-9-10-22(17(2)11-16)30-24(33)15-38-25-21(29)13-18(14-23(25)37-3)12-20-26(34)31-28(36)32(27(20)35)19-7-5-4-6-8-19/h4-14H,15H2,1-3H3,(H,30,33)(H,31,34,36)/b20-12-. The van der Waals surface area contributed by atoms with Gasteiger partial charge in [0.2, 0.25) is 0 Å². The molecular formula is C28H24IN3O6. The third-order valence-corrected chi connectivity index (χ3v) is 6.48. The van der Waals surface area contributed by atoms with Gasteiger partial charge in [-0.3, -0.25) is 19.7 Å². The number of urea groups is 1. The molecule has 0 aromatic heterocycles. The predicted molar refractivity (Wildman–Crippen MR) is 151 cm³/mol. The van der Waals surface area contributed by atoms with Crippen LogP contribution in [0.5, 0.6) is 11.5 Å². The number of carbonyl (C=O) groups excluding carboxylic acids is 4. The Labute approximate surface area is 232 Å². The van der Waals surface area contributed by atoms with Gasteiger partial charge in [-0.1, -0.05) is 35.9 Å². The molecule has 0 unspecified atom stereocenters. The van der Waals surface area contributed by atoms with Crippen molar-refractivity contribution < 1.29 is 28.7 Å². The van der Waals surface area contributed by atoms with Crippen molar-refractivity contribution in [3.63, 3.8) is 0 Å². The van der Waals surface area contributed by atoms with Gasteiger partial charge in [0.25, 0.3) is 17.7 Å². The van der Waals surface area contributed by atoms with E-state index in [0.717, 1.165) is 16.0 Å². The molecule has 0 bridgehead atoms. The number of rotatable bonds is 7. The second kappa shape index (κ2) is 11.5. The van der Waals surface area contributed by atoms with Gasteiger partial charge in [-0.05, 0) is 84.0 Å². The number of anilines is 2. The van der Waals surface area contributed by atoms with Gasteiger partial charge in [0.05, 0.1) is 16.4 Å². The van der Waals surface area contributed by atoms with Crippen LogP contribution < -0.4 is 25.0 Å². The summed E-state index contributed by atoms with van der Waals surface area (Å²) in [5, 5.41) is 5.03. The Morgan fingerprint density at radius 1 is 1.05 bits per heavy atom. The highest BCUT2D eigenvalue weighted by molar-refractivity contribution is 14.1. The number of carbonyl (C=O) groups is 4. The van der Waals surface area contributed by atoms with Crippen molar-refractivity contribution in [1.82, 2.24) is 5.32 Å². The highest BCUT2D eigenvalue weighted by atomic mass is 127. The highest BCUT2D eigenvalue weighted by Gasteiger charge is 2.36. The van der Waals surface area contributed by atoms with Crippen LogP contribution in [0.1, 0.15) is 16.7 Å². The lowest BCUT2D eigenvalue weighted by molar-refractivity contribution is -0.122. The first-order chi connectivity index (χ1) is 18.2. The minimum Gasteiger partial charge on any atom is -0.493 e. The van der Waals surface area contributed by atoms with Crippen molar-refractivity contribution >= 4 is 63.8 Å². The highest BCUT2D eigenvalue weighted by Crippen LogP contribution is 2.35. The smallest absolute Gasteiger partial charge is 0.335 e. The zero-order valence-corrected chi connectivity index (χ0v) is 23.0. The number of amides is 5. The summed E-state index contributed by atoms with van der Waals surface area (Å²) in [6.07, 6.45) is 1.38. The Balaban J connectivity index is 1.55. The second-order valence-corrected chi connectivity index (χ2v) is 9.64. The summed E-state index contributed by atoms with van der Waals surface area (Å²) < 4.78 is 11.8. The molecule has 0 saturated carbocycles. The maximum absolute atomic E-state index is 13.1. The molecule has 0 radical (unpaired) electrons. The SMILES string of the molecule is COc1cc(/C=C2/C(=O)NC(=O)N(c3ccccc3)C2=O)cc(I)c1OCC(=O)Nc1ccc(C)cc1C. The summed E-state index contributed by atoms with van der Waals surface area (Å²) >= 11 is 2.02. The average Bonchev–Trinajstić information content (AvgIpc) is 2.87. The van der Waals surface area contributed by atoms with E-state index in [2.05, 4.69) is 10.6 Å². The summed E-state index contributed by atoms with van der Waals surface area (Å²) in [5.41, 5.74) is 3.33. The number of hydrogen-bond donors (Lipinski definition) is 2. The maximum atomic E-state index is 13.1. The molecule has 0 spiro atoms. The summed E-state index contributed by atoms with van der Waals surface area (Å²) in [6.45, 7) is 3.63. The van der Waals surface area contributed by atoms with E-state index in [1.54, 1.807) is 42.5 Å². The second-order valence-electron chi connectivity index (χ2n) is 8.48. The van der Waals surface area contributed by atoms with Crippen LogP contribution in [0.25, 0.3) is 6.08 Å². The monoisotopic (exact) mass is 625 g/mol. The largest absolute Gasteiger partial charge is 0.493 e. The van der Waals surface area contributed by atoms with Crippen LogP contribution in [0.2, 0.25) is 0 Å². The molecule has 0 aliphatic carbocycles. The fourth-order valence-electron chi connectivity index (χ4n) is 3.88. The number of nitrogens with zero attached hydrogens (tertiary/aromatic N) is 1. The zero-order valence-electron chi connectivity index (χ0n) is 20.8. The van der Waals surface area contributed by atoms with Crippen LogP contribution in [0.15, 0.2) is 66.2 Å². The van der Waals surface area contributed by atoms with Crippen molar-refractivity contribution in [2.75, 3.05) is 23.9 Å². The van der Waals surface area contributed by atoms with Gasteiger partial charge < -0.3 is 14.8 Å². The number of ether oxygens (including phenoxy) is 2. The Hall–Kier alpha value is -4.19. The zero-order chi connectivity index (χ0) is 27.4. The van der Waals surface area contributed by atoms with Crippen molar-refractivity contribution in [2.45, 2.75) is 13.8 Å². The number of aryl methyl sites for hydroxylation is 2. The number of barbiturate groups is 1. The summed E-state index contributed by atoms with van der Waals surface area (Å²) in [7, 11) is 1.44. The lowest BCUT2D eigenvalue weighted by Gasteiger charge is -2.26. The van der Waals surface area contributed by atoms with Crippen molar-refractivity contribution in [1.29, 1.82) is 0 Å². The lowest BCUT2D eigenvalue weighted by atomic mass is 10.1. The first-order valence-electron chi connectivity index (χ1n) is 11.5. The normalized spacial score (nSPS) is 14.4. The van der Waals surface area contributed by atoms with Crippen molar-refractivity contribution in [3.05, 3.63) is 86.5 Å². The molecule has 3 aromatic rings. The molecule has 1 fully saturated rings. The fraction of sp³-hybridized carbons (Fsp3) is 0.143. The topological polar surface area (TPSA) is 114 Å². The molecule has 10 heteroatoms. The maximum Gasteiger partial charge on any atom is 0.335 e. The van der Waals surface area contributed by atoms with Crippen LogP contribution in [-0.4, -0.2) is 37.5 Å². The van der Waals surface area contributed by atoms with E-state index in [4.69, 9.17) is 9.47 Å². The molecule has 3 aromatic carbocycles. The van der Waals surface area contributed by atoms with Crippen LogP contribution in [0.3, 0.4) is 0 Å². The third kappa shape index (κ3) is 5.86. The fourth-order valence-corrected chi connectivity index (χ4v) is 4.66. The van der Waals surface area contributed by atoms with E-state index < -0.39 is 17.8 Å². The number of benzene rings is 3. The van der Waals surface area contributed by atoms with E-state index in [0.29, 0.717) is 32.0 Å². The van der Waals surface area contributed by atoms with Gasteiger partial charge in [-0.15, -0.1) is 0 Å². The Kier molecular flexibility index (Phi) is 8.10. The minimum atomic E-state index is -0.821. The third-order valence-electron chi connectivity index (χ3n) is 5.68. The Morgan fingerprint density at radius 3 is 2.47 bits per heavy atom. The summed E-state index contributed by atoms with van der Waals surface area (Å²) in [6, 6.07) is 16.5. The van der Waals surface area contributed by atoms with Crippen LogP contribution in [-0.2, 0) is 14.4 Å². The molecule has 4 rings (SSSR count). The average molecular weight is 625 g/mol. The van der Waals surface area contributed by atoms with Crippen LogP contribution in [0, 0.1) is 17.4 Å². The van der Waals surface area contributed by atoms with E-state index in [-0.39, 0.29) is 18.1 Å². The van der Waals surface area contributed by atoms with Crippen LogP contribution >= 0.6 is 22.6 Å². The number of hydrogen-bond acceptors (Lipinski definition) is 6. The minimum absolute atomic E-state index is 0.215. The van der Waals surface area contributed by atoms with E-state index in [1.807, 2.05) is 54.6 Å². The van der Waals surface area contributed by atoms with E-state index >= 15 is 0 Å². The van der Waals surface area contributed by atoms with Gasteiger partial charge >= 0.3 is 6.03 Å². The molecule has 1 aliphatic rings. The van der Waals surface area contributed by atoms with Crippen molar-refractivity contribution in [3.8, 4) is 11.5 Å². The summed E-state index contributed by atoms with van der Waals surface area (Å²) in [4.78, 5) is 51.4. The molecule has 5 amide bonds. The molecule has 1 heterocycles. The molecular weight excluding hydrogens is 601 g/mol. The molecule has 1 saturated heterocycles. The summed E-state index contributed by atoms with van der Waals surface area (Å²) in [5.74, 6) is -1.24. The predicted octanol–water partition coefficient (Wildman–Crippen LogP) is 4.60. The van der Waals surface area contributed by atoms with E-state index in [9.17, 15) is 19.2 Å². The van der Waals surface area contributed by atoms with Gasteiger partial charge in [0.15, 0.2) is 18.1 Å². The van der Waals surface area contributed by atoms with Crippen LogP contribution in [0.4, 0.5) is 16.2 Å². The Morgan fingerprint density at radius 2 is 1.79 bits per heavy atom. The van der Waals surface area contributed by atoms with Gasteiger partial charge in [0, 0.05) is 5.69 Å². The number of halogens is 1. The molecule has 194 valence electrons.